The van der Waals surface area contributed by atoms with Crippen molar-refractivity contribution < 1.29 is 9.34 Å². The van der Waals surface area contributed by atoms with Crippen LogP contribution in [0.2, 0.25) is 0 Å². The Hall–Kier alpha value is -2.71. The maximum Gasteiger partial charge on any atom is 0.433 e. The smallest absolute Gasteiger partial charge is 0.400 e. The topological polar surface area (TPSA) is 136 Å². The Kier molecular flexibility index (Phi) is 2.34. The van der Waals surface area contributed by atoms with Crippen LogP contribution in [-0.2, 0) is 0 Å². The number of nitrogen functional groups attached to an aromatic ring is 1. The van der Waals surface area contributed by atoms with Crippen molar-refractivity contribution in [3.63, 3.8) is 0 Å². The highest BCUT2D eigenvalue weighted by atomic mass is 16.6. The molecule has 3 N–H and O–H groups in total. The fourth-order valence-corrected chi connectivity index (χ4v) is 0.954. The largest absolute Gasteiger partial charge is 0.433 e. The van der Waals surface area contributed by atoms with Crippen molar-refractivity contribution in [3.8, 4) is 0 Å². The van der Waals surface area contributed by atoms with Gasteiger partial charge in [-0.1, -0.05) is 0 Å². The fraction of sp³-hybridized carbons (Fsp3) is 0. The highest BCUT2D eigenvalue weighted by Gasteiger charge is 2.10. The van der Waals surface area contributed by atoms with E-state index in [4.69, 9.17) is 10.2 Å². The summed E-state index contributed by atoms with van der Waals surface area (Å²) in [5.41, 5.74) is 5.28. The lowest BCUT2D eigenvalue weighted by Gasteiger charge is -1.82. The summed E-state index contributed by atoms with van der Waals surface area (Å²) in [5.74, 6) is 0.139. The number of nitro groups is 1. The summed E-state index contributed by atoms with van der Waals surface area (Å²) < 4.78 is 4.83. The highest BCUT2D eigenvalue weighted by Crippen LogP contribution is 2.14. The molecule has 0 saturated carbocycles. The molecule has 0 aromatic carbocycles. The molecule has 2 rings (SSSR count). The van der Waals surface area contributed by atoms with E-state index in [9.17, 15) is 10.1 Å². The molecule has 0 aliphatic rings. The first-order valence-corrected chi connectivity index (χ1v) is 4.11. The van der Waals surface area contributed by atoms with Crippen LogP contribution in [0.15, 0.2) is 21.5 Å². The molecule has 0 saturated heterocycles. The van der Waals surface area contributed by atoms with E-state index in [2.05, 4.69) is 20.2 Å². The van der Waals surface area contributed by atoms with Crippen molar-refractivity contribution in [3.05, 3.63) is 28.0 Å². The summed E-state index contributed by atoms with van der Waals surface area (Å²) in [4.78, 5) is 17.2. The molecule has 0 bridgehead atoms. The van der Waals surface area contributed by atoms with Crippen molar-refractivity contribution in [1.82, 2.24) is 15.2 Å². The second-order valence-electron chi connectivity index (χ2n) is 2.71. The van der Waals surface area contributed by atoms with Crippen LogP contribution >= 0.6 is 0 Å². The zero-order chi connectivity index (χ0) is 11.5. The van der Waals surface area contributed by atoms with Gasteiger partial charge in [0.25, 0.3) is 5.95 Å². The van der Waals surface area contributed by atoms with E-state index in [1.165, 1.54) is 18.3 Å². The molecule has 0 fully saturated rings. The van der Waals surface area contributed by atoms with Gasteiger partial charge >= 0.3 is 5.88 Å². The molecule has 2 aromatic heterocycles. The van der Waals surface area contributed by atoms with E-state index in [1.807, 2.05) is 0 Å². The van der Waals surface area contributed by atoms with Gasteiger partial charge in [0.2, 0.25) is 5.95 Å². The second-order valence-corrected chi connectivity index (χ2v) is 2.71. The number of hydrogen-bond acceptors (Lipinski definition) is 7. The van der Waals surface area contributed by atoms with Crippen LogP contribution in [0.5, 0.6) is 0 Å². The lowest BCUT2D eigenvalue weighted by molar-refractivity contribution is -0.402. The average Bonchev–Trinajstić information content (AvgIpc) is 2.83. The van der Waals surface area contributed by atoms with Gasteiger partial charge in [-0.25, -0.2) is 10.1 Å². The van der Waals surface area contributed by atoms with Crippen LogP contribution in [0.4, 0.5) is 17.8 Å². The average molecular weight is 222 g/mol. The summed E-state index contributed by atoms with van der Waals surface area (Å²) in [7, 11) is 0. The molecular formula is C7H6N6O3. The number of hydrogen-bond donors (Lipinski definition) is 2. The molecule has 0 radical (unpaired) electrons. The quantitative estimate of drug-likeness (QED) is 0.444. The molecule has 0 atom stereocenters. The monoisotopic (exact) mass is 222 g/mol. The Morgan fingerprint density at radius 3 is 3.00 bits per heavy atom. The number of anilines is 1. The first-order chi connectivity index (χ1) is 7.65. The van der Waals surface area contributed by atoms with Crippen LogP contribution in [0.1, 0.15) is 5.76 Å². The third kappa shape index (κ3) is 2.03. The van der Waals surface area contributed by atoms with Gasteiger partial charge in [0.1, 0.15) is 4.92 Å². The van der Waals surface area contributed by atoms with Gasteiger partial charge in [0, 0.05) is 0 Å². The first-order valence-electron chi connectivity index (χ1n) is 4.11. The minimum absolute atomic E-state index is 0.122. The minimum Gasteiger partial charge on any atom is -0.400 e. The normalized spacial score (nSPS) is 11.0. The number of rotatable bonds is 3. The molecule has 0 unspecified atom stereocenters. The van der Waals surface area contributed by atoms with Gasteiger partial charge in [-0.3, -0.25) is 10.1 Å². The number of H-pyrrole nitrogens is 1. The van der Waals surface area contributed by atoms with Gasteiger partial charge in [-0.05, 0) is 6.07 Å². The number of nitrogens with two attached hydrogens (primary N) is 1. The Balaban J connectivity index is 2.14. The molecule has 0 spiro atoms. The molecule has 0 aliphatic carbocycles. The number of nitrogens with zero attached hydrogens (tertiary/aromatic N) is 4. The lowest BCUT2D eigenvalue weighted by atomic mass is 10.5. The van der Waals surface area contributed by atoms with Crippen molar-refractivity contribution in [2.75, 3.05) is 5.73 Å². The molecule has 0 aliphatic heterocycles. The summed E-state index contributed by atoms with van der Waals surface area (Å²) in [6, 6.07) is 2.64. The third-order valence-electron chi connectivity index (χ3n) is 1.59. The van der Waals surface area contributed by atoms with Gasteiger partial charge in [0.15, 0.2) is 5.76 Å². The van der Waals surface area contributed by atoms with Crippen LogP contribution in [0, 0.1) is 10.1 Å². The van der Waals surface area contributed by atoms with Gasteiger partial charge in [-0.2, -0.15) is 4.98 Å². The molecule has 82 valence electrons. The predicted molar refractivity (Wildman–Crippen MR) is 53.4 cm³/mol. The van der Waals surface area contributed by atoms with Crippen LogP contribution < -0.4 is 5.73 Å². The van der Waals surface area contributed by atoms with Crippen LogP contribution in [0.25, 0.3) is 0 Å². The number of aliphatic imine (C=N–C) groups is 1. The maximum atomic E-state index is 10.3. The van der Waals surface area contributed by atoms with Crippen LogP contribution in [0.3, 0.4) is 0 Å². The Labute approximate surface area is 88.2 Å². The first kappa shape index (κ1) is 9.83. The van der Waals surface area contributed by atoms with E-state index < -0.39 is 4.92 Å². The van der Waals surface area contributed by atoms with Crippen molar-refractivity contribution >= 4 is 24.0 Å². The lowest BCUT2D eigenvalue weighted by Crippen LogP contribution is -1.84. The van der Waals surface area contributed by atoms with E-state index in [1.54, 1.807) is 0 Å². The number of nitrogens with one attached hydrogen (secondary N) is 1. The Morgan fingerprint density at radius 1 is 1.62 bits per heavy atom. The molecule has 2 heterocycles. The Morgan fingerprint density at radius 2 is 2.44 bits per heavy atom. The van der Waals surface area contributed by atoms with E-state index in [0.717, 1.165) is 0 Å². The van der Waals surface area contributed by atoms with E-state index in [-0.39, 0.29) is 23.5 Å². The number of furan rings is 1. The summed E-state index contributed by atoms with van der Waals surface area (Å²) >= 11 is 0. The minimum atomic E-state index is -0.637. The zero-order valence-electron chi connectivity index (χ0n) is 7.82. The predicted octanol–water partition coefficient (Wildman–Crippen LogP) is 0.639. The van der Waals surface area contributed by atoms with Gasteiger partial charge in [0.05, 0.1) is 12.3 Å². The van der Waals surface area contributed by atoms with Crippen molar-refractivity contribution in [2.45, 2.75) is 0 Å². The second kappa shape index (κ2) is 3.81. The summed E-state index contributed by atoms with van der Waals surface area (Å²) in [6.07, 6.45) is 1.26. The number of aromatic amines is 1. The summed E-state index contributed by atoms with van der Waals surface area (Å²) in [6.45, 7) is 0. The van der Waals surface area contributed by atoms with E-state index >= 15 is 0 Å². The number of aromatic nitrogens is 3. The van der Waals surface area contributed by atoms with Crippen LogP contribution in [-0.4, -0.2) is 26.3 Å². The third-order valence-corrected chi connectivity index (χ3v) is 1.59. The Bertz CT molecular complexity index is 542. The molecular weight excluding hydrogens is 216 g/mol. The van der Waals surface area contributed by atoms with Crippen molar-refractivity contribution in [1.29, 1.82) is 0 Å². The molecule has 0 amide bonds. The summed E-state index contributed by atoms with van der Waals surface area (Å²) in [5, 5.41) is 16.3. The highest BCUT2D eigenvalue weighted by molar-refractivity contribution is 5.78. The molecule has 9 nitrogen and oxygen atoms in total. The van der Waals surface area contributed by atoms with Gasteiger partial charge < -0.3 is 10.2 Å². The van der Waals surface area contributed by atoms with E-state index in [0.29, 0.717) is 0 Å². The zero-order valence-corrected chi connectivity index (χ0v) is 7.82. The SMILES string of the molecule is Nc1nc(/N=C/c2ccc([N+](=O)[O-])o2)n[nH]1. The molecule has 2 aromatic rings. The standard InChI is InChI=1S/C7H6N6O3/c8-6-10-7(12-11-6)9-3-4-1-2-5(16-4)13(14)15/h1-3H,(H3,8,10,11,12)/b9-3+. The molecule has 16 heavy (non-hydrogen) atoms. The fourth-order valence-electron chi connectivity index (χ4n) is 0.954. The maximum absolute atomic E-state index is 10.3. The van der Waals surface area contributed by atoms with Crippen molar-refractivity contribution in [2.24, 2.45) is 4.99 Å². The molecule has 9 heteroatoms. The van der Waals surface area contributed by atoms with Gasteiger partial charge in [-0.15, -0.1) is 5.10 Å².